The molecule has 1 fully saturated rings. The molecule has 1 aromatic heterocycles. The predicted octanol–water partition coefficient (Wildman–Crippen LogP) is 1.67. The molecule has 114 valence electrons. The molecule has 0 radical (unpaired) electrons. The van der Waals surface area contributed by atoms with E-state index < -0.39 is 5.97 Å². The molecule has 1 aliphatic rings. The first-order valence-electron chi connectivity index (χ1n) is 6.85. The van der Waals surface area contributed by atoms with E-state index in [4.69, 9.17) is 9.84 Å². The summed E-state index contributed by atoms with van der Waals surface area (Å²) in [6, 6.07) is 2.57. The highest BCUT2D eigenvalue weighted by atomic mass is 16.5. The van der Waals surface area contributed by atoms with Gasteiger partial charge in [-0.1, -0.05) is 0 Å². The van der Waals surface area contributed by atoms with Crippen LogP contribution in [0.5, 0.6) is 0 Å². The van der Waals surface area contributed by atoms with Crippen molar-refractivity contribution in [1.82, 2.24) is 9.88 Å². The number of amides is 2. The van der Waals surface area contributed by atoms with Crippen LogP contribution in [0.25, 0.3) is 0 Å². The highest BCUT2D eigenvalue weighted by Crippen LogP contribution is 2.28. The Hall–Kier alpha value is -2.15. The maximum atomic E-state index is 11.9. The van der Waals surface area contributed by atoms with E-state index in [-0.39, 0.29) is 11.7 Å². The number of carboxylic acids is 1. The first-order chi connectivity index (χ1) is 10.1. The largest absolute Gasteiger partial charge is 0.477 e. The number of rotatable bonds is 7. The van der Waals surface area contributed by atoms with Gasteiger partial charge in [0.25, 0.3) is 0 Å². The number of nitrogens with one attached hydrogen (secondary N) is 1. The highest BCUT2D eigenvalue weighted by Gasteiger charge is 2.21. The van der Waals surface area contributed by atoms with E-state index in [1.807, 2.05) is 0 Å². The number of carboxylic acid groups (broad SMARTS) is 1. The molecule has 0 spiro atoms. The predicted molar refractivity (Wildman–Crippen MR) is 76.4 cm³/mol. The van der Waals surface area contributed by atoms with Gasteiger partial charge in [0.05, 0.1) is 18.5 Å². The number of aromatic nitrogens is 1. The number of ether oxygens (including phenoxy) is 1. The van der Waals surface area contributed by atoms with Gasteiger partial charge >= 0.3 is 12.0 Å². The number of anilines is 1. The normalized spacial score (nSPS) is 13.8. The van der Waals surface area contributed by atoms with Gasteiger partial charge in [0, 0.05) is 20.2 Å². The molecule has 2 N–H and O–H groups in total. The van der Waals surface area contributed by atoms with Crippen LogP contribution in [0.4, 0.5) is 10.5 Å². The van der Waals surface area contributed by atoms with Crippen molar-refractivity contribution in [3.63, 3.8) is 0 Å². The van der Waals surface area contributed by atoms with E-state index in [2.05, 4.69) is 10.3 Å². The van der Waals surface area contributed by atoms with Crippen LogP contribution in [0.1, 0.15) is 23.3 Å². The van der Waals surface area contributed by atoms with Gasteiger partial charge in [-0.25, -0.2) is 14.6 Å². The van der Waals surface area contributed by atoms with Crippen LogP contribution in [0.3, 0.4) is 0 Å². The summed E-state index contributed by atoms with van der Waals surface area (Å²) < 4.78 is 5.47. The molecule has 7 nitrogen and oxygen atoms in total. The molecule has 0 unspecified atom stereocenters. The second-order valence-electron chi connectivity index (χ2n) is 5.11. The summed E-state index contributed by atoms with van der Waals surface area (Å²) in [5.74, 6) is -0.388. The van der Waals surface area contributed by atoms with E-state index in [1.54, 1.807) is 7.05 Å². The molecule has 0 atom stereocenters. The lowest BCUT2D eigenvalue weighted by atomic mass is 10.3. The zero-order valence-electron chi connectivity index (χ0n) is 11.9. The minimum Gasteiger partial charge on any atom is -0.477 e. The number of likely N-dealkylation sites (N-methyl/N-ethyl adjacent to an activating group) is 1. The Morgan fingerprint density at radius 2 is 2.24 bits per heavy atom. The molecule has 2 amide bonds. The summed E-state index contributed by atoms with van der Waals surface area (Å²) in [5.41, 5.74) is 0.394. The van der Waals surface area contributed by atoms with Crippen LogP contribution in [0.2, 0.25) is 0 Å². The number of pyridine rings is 1. The van der Waals surface area contributed by atoms with Crippen LogP contribution in [0, 0.1) is 5.92 Å². The van der Waals surface area contributed by atoms with Crippen molar-refractivity contribution in [3.8, 4) is 0 Å². The Balaban J connectivity index is 1.72. The lowest BCUT2D eigenvalue weighted by molar-refractivity contribution is 0.0690. The van der Waals surface area contributed by atoms with Crippen molar-refractivity contribution in [2.75, 3.05) is 32.1 Å². The number of carbonyl (C=O) groups excluding carboxylic acids is 1. The lowest BCUT2D eigenvalue weighted by Crippen LogP contribution is -2.34. The number of nitrogens with zero attached hydrogens (tertiary/aromatic N) is 2. The SMILES string of the molecule is CN(CCOCC1CC1)C(=O)Nc1ccc(C(=O)O)nc1. The van der Waals surface area contributed by atoms with Crippen LogP contribution >= 0.6 is 0 Å². The summed E-state index contributed by atoms with van der Waals surface area (Å²) in [7, 11) is 1.68. The topological polar surface area (TPSA) is 91.8 Å². The van der Waals surface area contributed by atoms with E-state index in [1.165, 1.54) is 36.1 Å². The van der Waals surface area contributed by atoms with Crippen molar-refractivity contribution in [2.24, 2.45) is 5.92 Å². The van der Waals surface area contributed by atoms with Gasteiger partial charge in [-0.15, -0.1) is 0 Å². The minimum absolute atomic E-state index is 0.0603. The van der Waals surface area contributed by atoms with Gasteiger partial charge < -0.3 is 20.1 Å². The molecule has 1 aromatic rings. The van der Waals surface area contributed by atoms with Gasteiger partial charge in [0.15, 0.2) is 0 Å². The first-order valence-corrected chi connectivity index (χ1v) is 6.85. The number of aromatic carboxylic acids is 1. The maximum absolute atomic E-state index is 11.9. The molecule has 1 saturated carbocycles. The zero-order chi connectivity index (χ0) is 15.2. The Morgan fingerprint density at radius 3 is 2.81 bits per heavy atom. The number of urea groups is 1. The zero-order valence-corrected chi connectivity index (χ0v) is 11.9. The molecule has 2 rings (SSSR count). The Kier molecular flexibility index (Phi) is 5.10. The van der Waals surface area contributed by atoms with E-state index in [9.17, 15) is 9.59 Å². The summed E-state index contributed by atoms with van der Waals surface area (Å²) in [6.07, 6.45) is 3.81. The number of hydrogen-bond acceptors (Lipinski definition) is 4. The van der Waals surface area contributed by atoms with Crippen molar-refractivity contribution >= 4 is 17.7 Å². The smallest absolute Gasteiger partial charge is 0.354 e. The van der Waals surface area contributed by atoms with E-state index >= 15 is 0 Å². The third kappa shape index (κ3) is 5.03. The third-order valence-electron chi connectivity index (χ3n) is 3.20. The monoisotopic (exact) mass is 293 g/mol. The summed E-state index contributed by atoms with van der Waals surface area (Å²) >= 11 is 0. The Morgan fingerprint density at radius 1 is 1.48 bits per heavy atom. The van der Waals surface area contributed by atoms with Crippen LogP contribution in [0.15, 0.2) is 18.3 Å². The van der Waals surface area contributed by atoms with Crippen molar-refractivity contribution in [1.29, 1.82) is 0 Å². The average molecular weight is 293 g/mol. The van der Waals surface area contributed by atoms with E-state index in [0.717, 1.165) is 6.61 Å². The molecule has 1 aliphatic carbocycles. The second-order valence-corrected chi connectivity index (χ2v) is 5.11. The molecule has 0 bridgehead atoms. The summed E-state index contributed by atoms with van der Waals surface area (Å²) in [4.78, 5) is 27.8. The molecule has 0 aromatic carbocycles. The van der Waals surface area contributed by atoms with E-state index in [0.29, 0.717) is 24.8 Å². The van der Waals surface area contributed by atoms with Gasteiger partial charge in [0.1, 0.15) is 5.69 Å². The second kappa shape index (κ2) is 7.03. The first kappa shape index (κ1) is 15.2. The van der Waals surface area contributed by atoms with Crippen molar-refractivity contribution < 1.29 is 19.4 Å². The molecular weight excluding hydrogens is 274 g/mol. The van der Waals surface area contributed by atoms with Crippen LogP contribution in [-0.2, 0) is 4.74 Å². The quantitative estimate of drug-likeness (QED) is 0.746. The molecule has 7 heteroatoms. The van der Waals surface area contributed by atoms with Gasteiger partial charge in [-0.05, 0) is 30.9 Å². The molecule has 1 heterocycles. The van der Waals surface area contributed by atoms with Crippen molar-refractivity contribution in [2.45, 2.75) is 12.8 Å². The molecule has 0 saturated heterocycles. The molecular formula is C14H19N3O4. The minimum atomic E-state index is -1.10. The fourth-order valence-electron chi connectivity index (χ4n) is 1.65. The third-order valence-corrected chi connectivity index (χ3v) is 3.20. The van der Waals surface area contributed by atoms with Crippen LogP contribution < -0.4 is 5.32 Å². The van der Waals surface area contributed by atoms with Gasteiger partial charge in [-0.2, -0.15) is 0 Å². The lowest BCUT2D eigenvalue weighted by Gasteiger charge is -2.17. The van der Waals surface area contributed by atoms with Gasteiger partial charge in [-0.3, -0.25) is 0 Å². The highest BCUT2D eigenvalue weighted by molar-refractivity contribution is 5.90. The standard InChI is InChI=1S/C14H19N3O4/c1-17(6-7-21-9-10-2-3-10)14(20)16-11-4-5-12(13(18)19)15-8-11/h4-5,8,10H,2-3,6-7,9H2,1H3,(H,16,20)(H,18,19). The molecule has 0 aliphatic heterocycles. The maximum Gasteiger partial charge on any atom is 0.354 e. The molecule has 21 heavy (non-hydrogen) atoms. The number of carbonyl (C=O) groups is 2. The summed E-state index contributed by atoms with van der Waals surface area (Å²) in [6.45, 7) is 1.78. The Labute approximate surface area is 122 Å². The fourth-order valence-corrected chi connectivity index (χ4v) is 1.65. The Bertz CT molecular complexity index is 499. The summed E-state index contributed by atoms with van der Waals surface area (Å²) in [5, 5.41) is 11.4. The van der Waals surface area contributed by atoms with Crippen molar-refractivity contribution in [3.05, 3.63) is 24.0 Å². The van der Waals surface area contributed by atoms with Gasteiger partial charge in [0.2, 0.25) is 0 Å². The number of hydrogen-bond donors (Lipinski definition) is 2. The van der Waals surface area contributed by atoms with Crippen LogP contribution in [-0.4, -0.2) is 53.8 Å². The average Bonchev–Trinajstić information content (AvgIpc) is 3.28. The fraction of sp³-hybridized carbons (Fsp3) is 0.500.